The smallest absolute Gasteiger partial charge is 0.266 e. The minimum Gasteiger partial charge on any atom is -0.266 e. The lowest BCUT2D eigenvalue weighted by molar-refractivity contribution is -0.113. The molecule has 0 saturated heterocycles. The summed E-state index contributed by atoms with van der Waals surface area (Å²) in [6, 6.07) is 21.2. The number of hydrogen-bond donors (Lipinski definition) is 0. The monoisotopic (exact) mass is 432 g/mol. The van der Waals surface area contributed by atoms with Crippen LogP contribution in [0.5, 0.6) is 0 Å². The van der Waals surface area contributed by atoms with Gasteiger partial charge in [-0.1, -0.05) is 61.3 Å². The molecular weight excluding hydrogens is 411 g/mol. The highest BCUT2D eigenvalue weighted by Gasteiger charge is 2.32. The molecule has 156 valence electrons. The van der Waals surface area contributed by atoms with Gasteiger partial charge in [-0.25, -0.2) is 9.38 Å². The highest BCUT2D eigenvalue weighted by molar-refractivity contribution is 6.33. The second-order valence-corrected chi connectivity index (χ2v) is 7.87. The fraction of sp³-hybridized carbons (Fsp3) is 0.154. The zero-order valence-electron chi connectivity index (χ0n) is 17.2. The van der Waals surface area contributed by atoms with Crippen molar-refractivity contribution < 1.29 is 9.18 Å². The van der Waals surface area contributed by atoms with E-state index in [2.05, 4.69) is 24.0 Å². The molecule has 0 atom stereocenters. The summed E-state index contributed by atoms with van der Waals surface area (Å²) in [6.07, 6.45) is 4.98. The molecule has 3 nitrogen and oxygen atoms in total. The number of aryl methyl sites for hydroxylation is 1. The largest absolute Gasteiger partial charge is 0.282 e. The van der Waals surface area contributed by atoms with Crippen molar-refractivity contribution >= 4 is 35.1 Å². The summed E-state index contributed by atoms with van der Waals surface area (Å²) >= 11 is 6.04. The van der Waals surface area contributed by atoms with Gasteiger partial charge >= 0.3 is 0 Å². The third kappa shape index (κ3) is 4.75. The van der Waals surface area contributed by atoms with Gasteiger partial charge in [-0.15, -0.1) is 0 Å². The molecule has 0 saturated carbocycles. The minimum absolute atomic E-state index is 0.239. The zero-order valence-corrected chi connectivity index (χ0v) is 17.9. The average molecular weight is 433 g/mol. The molecular formula is C26H22ClFN2O. The molecule has 0 spiro atoms. The summed E-state index contributed by atoms with van der Waals surface area (Å²) in [5.41, 5.74) is 3.81. The van der Waals surface area contributed by atoms with E-state index < -0.39 is 0 Å². The van der Waals surface area contributed by atoms with E-state index in [0.717, 1.165) is 24.8 Å². The number of halogens is 2. The maximum Gasteiger partial charge on any atom is 0.282 e. The Hall–Kier alpha value is -3.24. The fourth-order valence-electron chi connectivity index (χ4n) is 3.46. The third-order valence-electron chi connectivity index (χ3n) is 5.15. The predicted octanol–water partition coefficient (Wildman–Crippen LogP) is 6.66. The molecule has 1 aliphatic heterocycles. The Balaban J connectivity index is 1.74. The van der Waals surface area contributed by atoms with Crippen LogP contribution in [-0.4, -0.2) is 11.7 Å². The molecule has 0 aliphatic carbocycles. The number of rotatable bonds is 6. The van der Waals surface area contributed by atoms with E-state index in [0.29, 0.717) is 27.8 Å². The molecule has 5 heteroatoms. The summed E-state index contributed by atoms with van der Waals surface area (Å²) < 4.78 is 13.3. The molecule has 3 aromatic rings. The van der Waals surface area contributed by atoms with Gasteiger partial charge in [0.2, 0.25) is 0 Å². The zero-order chi connectivity index (χ0) is 21.8. The van der Waals surface area contributed by atoms with Crippen molar-refractivity contribution in [3.05, 3.63) is 106 Å². The van der Waals surface area contributed by atoms with Crippen molar-refractivity contribution in [1.29, 1.82) is 0 Å². The maximum absolute atomic E-state index is 13.3. The first-order chi connectivity index (χ1) is 15.0. The Kier molecular flexibility index (Phi) is 6.28. The first-order valence-electron chi connectivity index (χ1n) is 10.3. The number of nitrogens with zero attached hydrogens (tertiary/aromatic N) is 2. The molecule has 0 unspecified atom stereocenters. The van der Waals surface area contributed by atoms with E-state index >= 15 is 0 Å². The van der Waals surface area contributed by atoms with Gasteiger partial charge in [0.15, 0.2) is 0 Å². The highest BCUT2D eigenvalue weighted by atomic mass is 35.5. The van der Waals surface area contributed by atoms with Gasteiger partial charge in [0.1, 0.15) is 17.3 Å². The van der Waals surface area contributed by atoms with Gasteiger partial charge < -0.3 is 0 Å². The Morgan fingerprint density at radius 1 is 0.968 bits per heavy atom. The fourth-order valence-corrected chi connectivity index (χ4v) is 3.58. The van der Waals surface area contributed by atoms with Crippen LogP contribution in [0.15, 0.2) is 83.5 Å². The molecule has 0 aromatic heterocycles. The Morgan fingerprint density at radius 3 is 2.29 bits per heavy atom. The summed E-state index contributed by atoms with van der Waals surface area (Å²) in [5.74, 6) is -0.00512. The number of anilines is 1. The first kappa shape index (κ1) is 21.0. The van der Waals surface area contributed by atoms with Crippen LogP contribution >= 0.6 is 11.6 Å². The molecule has 0 radical (unpaired) electrons. The number of amidine groups is 1. The topological polar surface area (TPSA) is 32.7 Å². The minimum atomic E-state index is -0.324. The molecule has 0 fully saturated rings. The van der Waals surface area contributed by atoms with Crippen LogP contribution in [-0.2, 0) is 11.2 Å². The molecule has 1 heterocycles. The van der Waals surface area contributed by atoms with Crippen molar-refractivity contribution in [2.75, 3.05) is 4.90 Å². The first-order valence-corrected chi connectivity index (χ1v) is 10.7. The van der Waals surface area contributed by atoms with Gasteiger partial charge in [-0.05, 0) is 66.4 Å². The Bertz CT molecular complexity index is 1130. The van der Waals surface area contributed by atoms with Gasteiger partial charge in [0.25, 0.3) is 5.91 Å². The number of benzene rings is 3. The van der Waals surface area contributed by atoms with Gasteiger partial charge in [-0.3, -0.25) is 9.69 Å². The molecule has 0 N–H and O–H groups in total. The van der Waals surface area contributed by atoms with E-state index in [1.165, 1.54) is 17.7 Å². The summed E-state index contributed by atoms with van der Waals surface area (Å²) in [6.45, 7) is 2.17. The standard InChI is InChI=1S/C26H22ClFN2O/c1-2-3-4-18-5-9-20(10-6-18)25-29-24(17-19-7-13-22(28)14-8-19)26(31)30(25)23-15-11-21(27)12-16-23/h5-17H,2-4H2,1H3. The molecule has 3 aromatic carbocycles. The SMILES string of the molecule is CCCCc1ccc(C2=NC(=Cc3ccc(F)cc3)C(=O)N2c2ccc(Cl)cc2)cc1. The molecule has 0 bridgehead atoms. The normalized spacial score (nSPS) is 14.9. The van der Waals surface area contributed by atoms with Crippen LogP contribution in [0.1, 0.15) is 36.5 Å². The number of carbonyl (C=O) groups excluding carboxylic acids is 1. The van der Waals surface area contributed by atoms with Crippen molar-refractivity contribution in [1.82, 2.24) is 0 Å². The molecule has 4 rings (SSSR count). The van der Waals surface area contributed by atoms with Crippen molar-refractivity contribution in [2.24, 2.45) is 4.99 Å². The summed E-state index contributed by atoms with van der Waals surface area (Å²) in [4.78, 5) is 19.5. The third-order valence-corrected chi connectivity index (χ3v) is 5.40. The molecule has 1 amide bonds. The van der Waals surface area contributed by atoms with E-state index in [-0.39, 0.29) is 11.7 Å². The number of hydrogen-bond acceptors (Lipinski definition) is 2. The number of aliphatic imine (C=N–C) groups is 1. The quantitative estimate of drug-likeness (QED) is 0.401. The van der Waals surface area contributed by atoms with Crippen molar-refractivity contribution in [2.45, 2.75) is 26.2 Å². The van der Waals surface area contributed by atoms with Crippen LogP contribution in [0.25, 0.3) is 6.08 Å². The average Bonchev–Trinajstić information content (AvgIpc) is 3.11. The van der Waals surface area contributed by atoms with Crippen LogP contribution < -0.4 is 4.90 Å². The van der Waals surface area contributed by atoms with Crippen LogP contribution in [0, 0.1) is 5.82 Å². The van der Waals surface area contributed by atoms with Gasteiger partial charge in [0.05, 0.1) is 5.69 Å². The maximum atomic E-state index is 13.3. The molecule has 1 aliphatic rings. The van der Waals surface area contributed by atoms with Crippen LogP contribution in [0.3, 0.4) is 0 Å². The van der Waals surface area contributed by atoms with E-state index in [1.807, 2.05) is 12.1 Å². The number of amides is 1. The van der Waals surface area contributed by atoms with Gasteiger partial charge in [-0.2, -0.15) is 0 Å². The summed E-state index contributed by atoms with van der Waals surface area (Å²) in [5, 5.41) is 0.594. The lowest BCUT2D eigenvalue weighted by atomic mass is 10.1. The number of carbonyl (C=O) groups is 1. The highest BCUT2D eigenvalue weighted by Crippen LogP contribution is 2.29. The van der Waals surface area contributed by atoms with Gasteiger partial charge in [0, 0.05) is 10.6 Å². The van der Waals surface area contributed by atoms with E-state index in [4.69, 9.17) is 11.6 Å². The Morgan fingerprint density at radius 2 is 1.65 bits per heavy atom. The molecule has 31 heavy (non-hydrogen) atoms. The lowest BCUT2D eigenvalue weighted by Crippen LogP contribution is -2.32. The summed E-state index contributed by atoms with van der Waals surface area (Å²) in [7, 11) is 0. The Labute approximate surface area is 186 Å². The van der Waals surface area contributed by atoms with E-state index in [9.17, 15) is 9.18 Å². The second kappa shape index (κ2) is 9.27. The van der Waals surface area contributed by atoms with Crippen LogP contribution in [0.4, 0.5) is 10.1 Å². The second-order valence-electron chi connectivity index (χ2n) is 7.43. The number of unbranched alkanes of at least 4 members (excludes halogenated alkanes) is 1. The predicted molar refractivity (Wildman–Crippen MR) is 125 cm³/mol. The van der Waals surface area contributed by atoms with E-state index in [1.54, 1.807) is 47.4 Å². The van der Waals surface area contributed by atoms with Crippen molar-refractivity contribution in [3.8, 4) is 0 Å². The lowest BCUT2D eigenvalue weighted by Gasteiger charge is -2.19. The van der Waals surface area contributed by atoms with Crippen molar-refractivity contribution in [3.63, 3.8) is 0 Å². The van der Waals surface area contributed by atoms with Crippen LogP contribution in [0.2, 0.25) is 5.02 Å².